The zero-order valence-electron chi connectivity index (χ0n) is 15.1. The maximum atomic E-state index is 13.1. The number of sulfonamides is 1. The average molecular weight is 403 g/mol. The molecule has 0 radical (unpaired) electrons. The van der Waals surface area contributed by atoms with E-state index < -0.39 is 10.0 Å². The van der Waals surface area contributed by atoms with E-state index in [0.717, 1.165) is 30.4 Å². The summed E-state index contributed by atoms with van der Waals surface area (Å²) in [6.07, 6.45) is 2.35. The summed E-state index contributed by atoms with van der Waals surface area (Å²) in [5, 5.41) is 2.01. The molecule has 142 valence electrons. The quantitative estimate of drug-likeness (QED) is 0.741. The lowest BCUT2D eigenvalue weighted by atomic mass is 10.0. The second-order valence-electron chi connectivity index (χ2n) is 7.03. The van der Waals surface area contributed by atoms with Gasteiger partial charge in [0, 0.05) is 36.6 Å². The van der Waals surface area contributed by atoms with Gasteiger partial charge in [0.15, 0.2) is 0 Å². The molecule has 1 aromatic carbocycles. The Kier molecular flexibility index (Phi) is 4.92. The average Bonchev–Trinajstić information content (AvgIpc) is 3.16. The highest BCUT2D eigenvalue weighted by Gasteiger charge is 2.30. The van der Waals surface area contributed by atoms with E-state index in [-0.39, 0.29) is 10.8 Å². The van der Waals surface area contributed by atoms with Crippen LogP contribution in [0.5, 0.6) is 0 Å². The van der Waals surface area contributed by atoms with E-state index in [1.807, 2.05) is 11.4 Å². The molecule has 0 N–H and O–H groups in total. The molecule has 7 heteroatoms. The highest BCUT2D eigenvalue weighted by Crippen LogP contribution is 2.28. The Bertz CT molecular complexity index is 984. The van der Waals surface area contributed by atoms with Crippen molar-refractivity contribution in [2.24, 2.45) is 0 Å². The molecule has 1 fully saturated rings. The Hall–Kier alpha value is -1.96. The van der Waals surface area contributed by atoms with Crippen molar-refractivity contribution in [1.82, 2.24) is 9.21 Å². The number of carbonyl (C=O) groups excluding carboxylic acids is 1. The summed E-state index contributed by atoms with van der Waals surface area (Å²) >= 11 is 1.68. The first-order valence-electron chi connectivity index (χ1n) is 9.06. The Balaban J connectivity index is 1.56. The number of rotatable bonds is 3. The van der Waals surface area contributed by atoms with Crippen LogP contribution in [0.25, 0.3) is 0 Å². The number of hydrogen-bond acceptors (Lipinski definition) is 4. The number of piperidine rings is 1. The van der Waals surface area contributed by atoms with Gasteiger partial charge in [0.1, 0.15) is 0 Å². The van der Waals surface area contributed by atoms with E-state index in [9.17, 15) is 13.2 Å². The summed E-state index contributed by atoms with van der Waals surface area (Å²) in [6, 6.07) is 8.43. The van der Waals surface area contributed by atoms with E-state index in [4.69, 9.17) is 0 Å². The summed E-state index contributed by atoms with van der Waals surface area (Å²) in [4.78, 5) is 16.0. The van der Waals surface area contributed by atoms with Gasteiger partial charge < -0.3 is 4.90 Å². The topological polar surface area (TPSA) is 57.7 Å². The van der Waals surface area contributed by atoms with Crippen molar-refractivity contribution in [2.75, 3.05) is 19.6 Å². The van der Waals surface area contributed by atoms with Crippen molar-refractivity contribution in [2.45, 2.75) is 30.7 Å². The first-order chi connectivity index (χ1) is 12.9. The zero-order valence-corrected chi connectivity index (χ0v) is 16.7. The molecule has 0 spiro atoms. The van der Waals surface area contributed by atoms with Crippen LogP contribution in [-0.4, -0.2) is 43.2 Å². The van der Waals surface area contributed by atoms with Gasteiger partial charge in [-0.3, -0.25) is 4.79 Å². The molecule has 27 heavy (non-hydrogen) atoms. The third-order valence-electron chi connectivity index (χ3n) is 5.25. The molecule has 0 saturated carbocycles. The molecule has 2 aliphatic rings. The molecule has 5 nitrogen and oxygen atoms in total. The predicted molar refractivity (Wildman–Crippen MR) is 106 cm³/mol. The van der Waals surface area contributed by atoms with Gasteiger partial charge in [-0.2, -0.15) is 4.31 Å². The Morgan fingerprint density at radius 3 is 2.63 bits per heavy atom. The van der Waals surface area contributed by atoms with Crippen LogP contribution in [0.4, 0.5) is 0 Å². The normalized spacial score (nSPS) is 18.4. The standard InChI is InChI=1S/C20H22N2O3S2/c1-15-5-9-21(10-6-15)20(23)16-3-2-4-18(13-16)27(24,25)22-11-7-19-17(14-22)8-12-26-19/h2-4,8,12-13H,1,5-7,9-11,14H2. The fourth-order valence-corrected chi connectivity index (χ4v) is 5.93. The van der Waals surface area contributed by atoms with Gasteiger partial charge >= 0.3 is 0 Å². The van der Waals surface area contributed by atoms with Gasteiger partial charge in [-0.25, -0.2) is 8.42 Å². The molecule has 4 rings (SSSR count). The van der Waals surface area contributed by atoms with Gasteiger partial charge in [-0.1, -0.05) is 18.2 Å². The largest absolute Gasteiger partial charge is 0.338 e. The van der Waals surface area contributed by atoms with Crippen molar-refractivity contribution >= 4 is 27.3 Å². The molecule has 0 bridgehead atoms. The highest BCUT2D eigenvalue weighted by molar-refractivity contribution is 7.89. The van der Waals surface area contributed by atoms with E-state index in [2.05, 4.69) is 6.58 Å². The van der Waals surface area contributed by atoms with Crippen LogP contribution in [0.15, 0.2) is 52.8 Å². The molecule has 1 amide bonds. The van der Waals surface area contributed by atoms with Crippen molar-refractivity contribution < 1.29 is 13.2 Å². The summed E-state index contributed by atoms with van der Waals surface area (Å²) in [5.41, 5.74) is 2.67. The summed E-state index contributed by atoms with van der Waals surface area (Å²) in [6.45, 7) is 6.12. The smallest absolute Gasteiger partial charge is 0.253 e. The minimum absolute atomic E-state index is 0.113. The maximum absolute atomic E-state index is 13.1. The minimum atomic E-state index is -3.63. The molecule has 1 aromatic heterocycles. The number of hydrogen-bond donors (Lipinski definition) is 0. The second-order valence-corrected chi connectivity index (χ2v) is 9.97. The number of benzene rings is 1. The van der Waals surface area contributed by atoms with E-state index in [0.29, 0.717) is 31.7 Å². The second kappa shape index (κ2) is 7.22. The van der Waals surface area contributed by atoms with Crippen molar-refractivity contribution in [3.05, 3.63) is 63.9 Å². The lowest BCUT2D eigenvalue weighted by molar-refractivity contribution is 0.0743. The number of likely N-dealkylation sites (tertiary alicyclic amines) is 1. The third kappa shape index (κ3) is 3.59. The van der Waals surface area contributed by atoms with Crippen LogP contribution in [-0.2, 0) is 23.0 Å². The van der Waals surface area contributed by atoms with E-state index >= 15 is 0 Å². The number of amides is 1. The third-order valence-corrected chi connectivity index (χ3v) is 8.11. The predicted octanol–water partition coefficient (Wildman–Crippen LogP) is 3.29. The summed E-state index contributed by atoms with van der Waals surface area (Å²) < 4.78 is 27.7. The molecule has 0 aliphatic carbocycles. The van der Waals surface area contributed by atoms with Gasteiger partial charge in [0.05, 0.1) is 4.90 Å². The first-order valence-corrected chi connectivity index (χ1v) is 11.4. The molecular weight excluding hydrogens is 380 g/mol. The van der Waals surface area contributed by atoms with Crippen LogP contribution in [0.3, 0.4) is 0 Å². The lowest BCUT2D eigenvalue weighted by Crippen LogP contribution is -2.37. The Labute approximate surface area is 164 Å². The highest BCUT2D eigenvalue weighted by atomic mass is 32.2. The van der Waals surface area contributed by atoms with E-state index in [1.165, 1.54) is 15.2 Å². The fourth-order valence-electron chi connectivity index (χ4n) is 3.58. The number of fused-ring (bicyclic) bond motifs is 1. The Morgan fingerprint density at radius 1 is 1.07 bits per heavy atom. The number of nitrogens with zero attached hydrogens (tertiary/aromatic N) is 2. The van der Waals surface area contributed by atoms with Crippen molar-refractivity contribution in [1.29, 1.82) is 0 Å². The zero-order chi connectivity index (χ0) is 19.0. The lowest BCUT2D eigenvalue weighted by Gasteiger charge is -2.28. The van der Waals surface area contributed by atoms with Gasteiger partial charge in [0.2, 0.25) is 10.0 Å². The van der Waals surface area contributed by atoms with Crippen molar-refractivity contribution in [3.8, 4) is 0 Å². The molecular formula is C20H22N2O3S2. The first kappa shape index (κ1) is 18.4. The minimum Gasteiger partial charge on any atom is -0.338 e. The van der Waals surface area contributed by atoms with Crippen LogP contribution < -0.4 is 0 Å². The molecule has 0 atom stereocenters. The fraction of sp³-hybridized carbons (Fsp3) is 0.350. The van der Waals surface area contributed by atoms with Gasteiger partial charge in [0.25, 0.3) is 5.91 Å². The van der Waals surface area contributed by atoms with Gasteiger partial charge in [-0.15, -0.1) is 11.3 Å². The Morgan fingerprint density at radius 2 is 1.85 bits per heavy atom. The van der Waals surface area contributed by atoms with Crippen LogP contribution in [0, 0.1) is 0 Å². The molecule has 2 aliphatic heterocycles. The SMILES string of the molecule is C=C1CCN(C(=O)c2cccc(S(=O)(=O)N3CCc4sccc4C3)c2)CC1. The van der Waals surface area contributed by atoms with Crippen molar-refractivity contribution in [3.63, 3.8) is 0 Å². The molecule has 2 aromatic rings. The van der Waals surface area contributed by atoms with E-state index in [1.54, 1.807) is 34.4 Å². The molecule has 0 unspecified atom stereocenters. The van der Waals surface area contributed by atoms with Crippen LogP contribution in [0.1, 0.15) is 33.6 Å². The van der Waals surface area contributed by atoms with Crippen LogP contribution in [0.2, 0.25) is 0 Å². The van der Waals surface area contributed by atoms with Crippen LogP contribution >= 0.6 is 11.3 Å². The molecule has 3 heterocycles. The number of carbonyl (C=O) groups is 1. The molecule has 1 saturated heterocycles. The maximum Gasteiger partial charge on any atom is 0.253 e. The number of thiophene rings is 1. The van der Waals surface area contributed by atoms with Gasteiger partial charge in [-0.05, 0) is 54.5 Å². The summed E-state index contributed by atoms with van der Waals surface area (Å²) in [5.74, 6) is -0.113. The monoisotopic (exact) mass is 402 g/mol. The summed E-state index contributed by atoms with van der Waals surface area (Å²) in [7, 11) is -3.63.